The quantitative estimate of drug-likeness (QED) is 0.566. The van der Waals surface area contributed by atoms with Crippen LogP contribution in [0.1, 0.15) is 20.3 Å². The van der Waals surface area contributed by atoms with Gasteiger partial charge in [-0.25, -0.2) is 13.1 Å². The third-order valence-electron chi connectivity index (χ3n) is 1.74. The first-order valence-electron chi connectivity index (χ1n) is 4.80. The molecule has 1 atom stereocenters. The standard InChI is InChI=1S/C8H18N2O4S/c1-3-7(5-9)10-15(12,13)6-8(11)14-4-2/h7,10H,3-6,9H2,1-2H3. The van der Waals surface area contributed by atoms with Gasteiger partial charge in [-0.05, 0) is 13.3 Å². The van der Waals surface area contributed by atoms with Gasteiger partial charge in [0, 0.05) is 12.6 Å². The zero-order valence-electron chi connectivity index (χ0n) is 9.02. The maximum absolute atomic E-state index is 11.4. The number of sulfonamides is 1. The number of nitrogens with two attached hydrogens (primary N) is 1. The molecule has 0 saturated heterocycles. The lowest BCUT2D eigenvalue weighted by molar-refractivity contribution is -0.139. The van der Waals surface area contributed by atoms with Crippen LogP contribution in [0.3, 0.4) is 0 Å². The second kappa shape index (κ2) is 6.76. The van der Waals surface area contributed by atoms with Gasteiger partial charge in [0.25, 0.3) is 0 Å². The smallest absolute Gasteiger partial charge is 0.322 e. The molecule has 0 spiro atoms. The van der Waals surface area contributed by atoms with Crippen molar-refractivity contribution in [3.8, 4) is 0 Å². The SMILES string of the molecule is CCOC(=O)CS(=O)(=O)NC(CC)CN. The van der Waals surface area contributed by atoms with Gasteiger partial charge in [0.2, 0.25) is 10.0 Å². The molecular weight excluding hydrogens is 220 g/mol. The van der Waals surface area contributed by atoms with E-state index in [1.807, 2.05) is 6.92 Å². The molecule has 0 bridgehead atoms. The highest BCUT2D eigenvalue weighted by Gasteiger charge is 2.20. The molecule has 0 aromatic carbocycles. The molecule has 0 saturated carbocycles. The summed E-state index contributed by atoms with van der Waals surface area (Å²) in [5.74, 6) is -1.41. The van der Waals surface area contributed by atoms with Gasteiger partial charge in [-0.2, -0.15) is 0 Å². The Labute approximate surface area is 90.2 Å². The Morgan fingerprint density at radius 2 is 2.07 bits per heavy atom. The molecule has 15 heavy (non-hydrogen) atoms. The summed E-state index contributed by atoms with van der Waals surface area (Å²) in [6.45, 7) is 3.80. The van der Waals surface area contributed by atoms with Crippen LogP contribution in [0.4, 0.5) is 0 Å². The Morgan fingerprint density at radius 1 is 1.47 bits per heavy atom. The van der Waals surface area contributed by atoms with Crippen LogP contribution in [0.15, 0.2) is 0 Å². The topological polar surface area (TPSA) is 98.5 Å². The molecule has 0 aromatic rings. The van der Waals surface area contributed by atoms with Crippen LogP contribution < -0.4 is 10.5 Å². The summed E-state index contributed by atoms with van der Waals surface area (Å²) in [6.07, 6.45) is 0.582. The Hall–Kier alpha value is -0.660. The molecule has 0 aliphatic heterocycles. The van der Waals surface area contributed by atoms with Crippen LogP contribution in [0.25, 0.3) is 0 Å². The van der Waals surface area contributed by atoms with Crippen molar-refractivity contribution in [2.45, 2.75) is 26.3 Å². The molecular formula is C8H18N2O4S. The highest BCUT2D eigenvalue weighted by atomic mass is 32.2. The predicted octanol–water partition coefficient (Wildman–Crippen LogP) is -0.794. The minimum Gasteiger partial charge on any atom is -0.465 e. The molecule has 0 radical (unpaired) electrons. The summed E-state index contributed by atoms with van der Waals surface area (Å²) in [6, 6.07) is -0.329. The highest BCUT2D eigenvalue weighted by Crippen LogP contribution is 1.94. The van der Waals surface area contributed by atoms with E-state index in [1.165, 1.54) is 0 Å². The van der Waals surface area contributed by atoms with E-state index in [9.17, 15) is 13.2 Å². The fourth-order valence-electron chi connectivity index (χ4n) is 0.952. The second-order valence-electron chi connectivity index (χ2n) is 3.02. The van der Waals surface area contributed by atoms with Crippen molar-refractivity contribution in [3.05, 3.63) is 0 Å². The highest BCUT2D eigenvalue weighted by molar-refractivity contribution is 7.90. The van der Waals surface area contributed by atoms with Gasteiger partial charge in [0.15, 0.2) is 5.75 Å². The number of ether oxygens (including phenoxy) is 1. The van der Waals surface area contributed by atoms with Gasteiger partial charge in [-0.1, -0.05) is 6.92 Å². The first-order chi connectivity index (χ1) is 6.95. The van der Waals surface area contributed by atoms with Crippen molar-refractivity contribution in [1.29, 1.82) is 0 Å². The molecule has 0 heterocycles. The van der Waals surface area contributed by atoms with E-state index in [4.69, 9.17) is 5.73 Å². The van der Waals surface area contributed by atoms with Gasteiger partial charge < -0.3 is 10.5 Å². The van der Waals surface area contributed by atoms with Crippen molar-refractivity contribution in [1.82, 2.24) is 4.72 Å². The van der Waals surface area contributed by atoms with E-state index in [1.54, 1.807) is 6.92 Å². The Kier molecular flexibility index (Phi) is 6.46. The summed E-state index contributed by atoms with van der Waals surface area (Å²) in [5.41, 5.74) is 5.34. The van der Waals surface area contributed by atoms with Gasteiger partial charge in [0.1, 0.15) is 0 Å². The minimum atomic E-state index is -3.63. The normalized spacial score (nSPS) is 13.5. The van der Waals surface area contributed by atoms with E-state index in [0.717, 1.165) is 0 Å². The average molecular weight is 238 g/mol. The number of carbonyl (C=O) groups is 1. The first kappa shape index (κ1) is 14.3. The van der Waals surface area contributed by atoms with E-state index >= 15 is 0 Å². The summed E-state index contributed by atoms with van der Waals surface area (Å²) in [4.78, 5) is 10.9. The lowest BCUT2D eigenvalue weighted by atomic mass is 10.2. The van der Waals surface area contributed by atoms with Crippen molar-refractivity contribution in [3.63, 3.8) is 0 Å². The number of rotatable bonds is 7. The average Bonchev–Trinajstić information content (AvgIpc) is 2.13. The van der Waals surface area contributed by atoms with E-state index in [-0.39, 0.29) is 19.2 Å². The van der Waals surface area contributed by atoms with Gasteiger partial charge in [-0.3, -0.25) is 4.79 Å². The van der Waals surface area contributed by atoms with Gasteiger partial charge in [-0.15, -0.1) is 0 Å². The first-order valence-corrected chi connectivity index (χ1v) is 6.46. The predicted molar refractivity (Wildman–Crippen MR) is 56.7 cm³/mol. The maximum atomic E-state index is 11.4. The van der Waals surface area contributed by atoms with Gasteiger partial charge in [0.05, 0.1) is 6.61 Å². The molecule has 90 valence electrons. The van der Waals surface area contributed by atoms with Crippen LogP contribution in [0.5, 0.6) is 0 Å². The van der Waals surface area contributed by atoms with E-state index in [2.05, 4.69) is 9.46 Å². The molecule has 1 unspecified atom stereocenters. The number of esters is 1. The summed E-state index contributed by atoms with van der Waals surface area (Å²) < 4.78 is 29.6. The Morgan fingerprint density at radius 3 is 2.47 bits per heavy atom. The Bertz CT molecular complexity index is 285. The molecule has 3 N–H and O–H groups in total. The molecule has 6 nitrogen and oxygen atoms in total. The molecule has 7 heteroatoms. The third kappa shape index (κ3) is 6.43. The third-order valence-corrected chi connectivity index (χ3v) is 3.04. The second-order valence-corrected chi connectivity index (χ2v) is 4.78. The number of hydrogen-bond acceptors (Lipinski definition) is 5. The largest absolute Gasteiger partial charge is 0.465 e. The molecule has 0 amide bonds. The molecule has 0 aliphatic carbocycles. The van der Waals surface area contributed by atoms with Crippen molar-refractivity contribution >= 4 is 16.0 Å². The van der Waals surface area contributed by atoms with Crippen molar-refractivity contribution in [2.75, 3.05) is 18.9 Å². The molecule has 0 rings (SSSR count). The van der Waals surface area contributed by atoms with E-state index < -0.39 is 21.7 Å². The summed E-state index contributed by atoms with van der Waals surface area (Å²) in [7, 11) is -3.63. The lowest BCUT2D eigenvalue weighted by Gasteiger charge is -2.14. The summed E-state index contributed by atoms with van der Waals surface area (Å²) >= 11 is 0. The van der Waals surface area contributed by atoms with Crippen LogP contribution in [-0.4, -0.2) is 39.3 Å². The fraction of sp³-hybridized carbons (Fsp3) is 0.875. The molecule has 0 aliphatic rings. The Balaban J connectivity index is 4.24. The monoisotopic (exact) mass is 238 g/mol. The zero-order chi connectivity index (χ0) is 11.9. The minimum absolute atomic E-state index is 0.169. The number of nitrogens with one attached hydrogen (secondary N) is 1. The van der Waals surface area contributed by atoms with Gasteiger partial charge >= 0.3 is 5.97 Å². The van der Waals surface area contributed by atoms with Crippen LogP contribution in [-0.2, 0) is 19.6 Å². The van der Waals surface area contributed by atoms with Crippen LogP contribution in [0, 0.1) is 0 Å². The maximum Gasteiger partial charge on any atom is 0.322 e. The fourth-order valence-corrected chi connectivity index (χ4v) is 2.20. The van der Waals surface area contributed by atoms with Crippen molar-refractivity contribution in [2.24, 2.45) is 5.73 Å². The van der Waals surface area contributed by atoms with E-state index in [0.29, 0.717) is 6.42 Å². The van der Waals surface area contributed by atoms with Crippen LogP contribution >= 0.6 is 0 Å². The molecule has 0 fully saturated rings. The number of hydrogen-bond donors (Lipinski definition) is 2. The van der Waals surface area contributed by atoms with Crippen LogP contribution in [0.2, 0.25) is 0 Å². The van der Waals surface area contributed by atoms with Crippen molar-refractivity contribution < 1.29 is 17.9 Å². The molecule has 0 aromatic heterocycles. The summed E-state index contributed by atoms with van der Waals surface area (Å²) in [5, 5.41) is 0. The lowest BCUT2D eigenvalue weighted by Crippen LogP contribution is -2.42. The number of carbonyl (C=O) groups excluding carboxylic acids is 1. The zero-order valence-corrected chi connectivity index (χ0v) is 9.84.